The number of alkyl halides is 1. The first-order valence-electron chi connectivity index (χ1n) is 5.19. The number of ether oxygens (including phenoxy) is 1. The summed E-state index contributed by atoms with van der Waals surface area (Å²) in [7, 11) is 1.31. The topological polar surface area (TPSA) is 61.2 Å². The molecule has 1 atom stereocenters. The quantitative estimate of drug-likeness (QED) is 0.634. The lowest BCUT2D eigenvalue weighted by atomic mass is 10.3. The molecule has 2 aromatic heterocycles. The van der Waals surface area contributed by atoms with E-state index in [1.54, 1.807) is 0 Å². The summed E-state index contributed by atoms with van der Waals surface area (Å²) in [5.41, 5.74) is 1.58. The fraction of sp³-hybridized carbons (Fsp3) is 0.364. The standard InChI is InChI=1S/C11H11BrN2O3S/c1-6-4-18-9-8(6)13-5-14(10(9)15)3-7(12)11(16)17-2/h4-5,7H,3H2,1-2H3. The lowest BCUT2D eigenvalue weighted by Gasteiger charge is -2.09. The Morgan fingerprint density at radius 1 is 1.67 bits per heavy atom. The zero-order valence-corrected chi connectivity index (χ0v) is 12.2. The van der Waals surface area contributed by atoms with Crippen molar-refractivity contribution in [2.24, 2.45) is 0 Å². The van der Waals surface area contributed by atoms with Gasteiger partial charge in [0.05, 0.1) is 25.5 Å². The highest BCUT2D eigenvalue weighted by atomic mass is 79.9. The summed E-state index contributed by atoms with van der Waals surface area (Å²) in [6.45, 7) is 2.11. The zero-order chi connectivity index (χ0) is 13.3. The van der Waals surface area contributed by atoms with Crippen molar-refractivity contribution in [1.82, 2.24) is 9.55 Å². The Morgan fingerprint density at radius 3 is 3.06 bits per heavy atom. The number of fused-ring (bicyclic) bond motifs is 1. The summed E-state index contributed by atoms with van der Waals surface area (Å²) >= 11 is 4.55. The number of thiophene rings is 1. The van der Waals surface area contributed by atoms with E-state index in [2.05, 4.69) is 25.7 Å². The Hall–Kier alpha value is -1.21. The fourth-order valence-corrected chi connectivity index (χ4v) is 3.01. The van der Waals surface area contributed by atoms with Crippen LogP contribution in [0.15, 0.2) is 16.5 Å². The highest BCUT2D eigenvalue weighted by molar-refractivity contribution is 9.10. The van der Waals surface area contributed by atoms with Crippen molar-refractivity contribution in [2.75, 3.05) is 7.11 Å². The molecule has 7 heteroatoms. The van der Waals surface area contributed by atoms with Gasteiger partial charge in [-0.05, 0) is 17.9 Å². The second kappa shape index (κ2) is 5.19. The van der Waals surface area contributed by atoms with Gasteiger partial charge in [-0.3, -0.25) is 14.2 Å². The average Bonchev–Trinajstić information content (AvgIpc) is 2.74. The molecule has 5 nitrogen and oxygen atoms in total. The number of halogens is 1. The molecular weight excluding hydrogens is 320 g/mol. The molecule has 0 saturated carbocycles. The van der Waals surface area contributed by atoms with Gasteiger partial charge in [-0.25, -0.2) is 4.98 Å². The fourth-order valence-electron chi connectivity index (χ4n) is 1.57. The Balaban J connectivity index is 2.38. The van der Waals surface area contributed by atoms with Crippen LogP contribution < -0.4 is 5.56 Å². The van der Waals surface area contributed by atoms with Crippen LogP contribution in [0.3, 0.4) is 0 Å². The molecule has 0 aliphatic rings. The number of methoxy groups -OCH3 is 1. The first-order chi connectivity index (χ1) is 8.54. The predicted molar refractivity (Wildman–Crippen MR) is 73.3 cm³/mol. The van der Waals surface area contributed by atoms with Crippen LogP contribution in [0.25, 0.3) is 10.2 Å². The summed E-state index contributed by atoms with van der Waals surface area (Å²) < 4.78 is 6.62. The van der Waals surface area contributed by atoms with E-state index in [-0.39, 0.29) is 12.1 Å². The van der Waals surface area contributed by atoms with Crippen LogP contribution in [0.1, 0.15) is 5.56 Å². The third-order valence-corrected chi connectivity index (χ3v) is 4.28. The first-order valence-corrected chi connectivity index (χ1v) is 6.99. The molecule has 0 radical (unpaired) electrons. The molecule has 0 fully saturated rings. The normalized spacial score (nSPS) is 12.6. The number of rotatable bonds is 3. The van der Waals surface area contributed by atoms with Crippen LogP contribution in [0.2, 0.25) is 0 Å². The number of nitrogens with zero attached hydrogens (tertiary/aromatic N) is 2. The van der Waals surface area contributed by atoms with Crippen LogP contribution in [0.4, 0.5) is 0 Å². The van der Waals surface area contributed by atoms with Gasteiger partial charge >= 0.3 is 5.97 Å². The maximum absolute atomic E-state index is 12.1. The first kappa shape index (κ1) is 13.2. The Labute approximate surface area is 116 Å². The maximum atomic E-state index is 12.1. The van der Waals surface area contributed by atoms with E-state index in [1.807, 2.05) is 12.3 Å². The van der Waals surface area contributed by atoms with Crippen molar-refractivity contribution in [2.45, 2.75) is 18.3 Å². The molecule has 0 aliphatic heterocycles. The number of hydrogen-bond donors (Lipinski definition) is 0. The Morgan fingerprint density at radius 2 is 2.39 bits per heavy atom. The lowest BCUT2D eigenvalue weighted by Crippen LogP contribution is -2.28. The van der Waals surface area contributed by atoms with Gasteiger partial charge in [-0.2, -0.15) is 0 Å². The van der Waals surface area contributed by atoms with Gasteiger partial charge in [0.2, 0.25) is 0 Å². The van der Waals surface area contributed by atoms with E-state index in [1.165, 1.54) is 29.3 Å². The van der Waals surface area contributed by atoms with Gasteiger partial charge in [0, 0.05) is 0 Å². The van der Waals surface area contributed by atoms with Crippen LogP contribution in [-0.4, -0.2) is 27.5 Å². The van der Waals surface area contributed by atoms with Crippen molar-refractivity contribution >= 4 is 43.5 Å². The Kier molecular flexibility index (Phi) is 3.82. The highest BCUT2D eigenvalue weighted by Crippen LogP contribution is 2.19. The lowest BCUT2D eigenvalue weighted by molar-refractivity contribution is -0.140. The molecule has 0 saturated heterocycles. The summed E-state index contributed by atoms with van der Waals surface area (Å²) in [4.78, 5) is 27.1. The largest absolute Gasteiger partial charge is 0.468 e. The van der Waals surface area contributed by atoms with Crippen molar-refractivity contribution in [3.63, 3.8) is 0 Å². The molecule has 0 N–H and O–H groups in total. The van der Waals surface area contributed by atoms with Crippen molar-refractivity contribution in [3.8, 4) is 0 Å². The molecule has 18 heavy (non-hydrogen) atoms. The molecular formula is C11H11BrN2O3S. The van der Waals surface area contributed by atoms with Crippen LogP contribution in [-0.2, 0) is 16.1 Å². The number of carbonyl (C=O) groups is 1. The van der Waals surface area contributed by atoms with E-state index in [4.69, 9.17) is 0 Å². The molecule has 96 valence electrons. The van der Waals surface area contributed by atoms with Gasteiger partial charge in [0.25, 0.3) is 5.56 Å². The minimum Gasteiger partial charge on any atom is -0.468 e. The van der Waals surface area contributed by atoms with Crippen LogP contribution >= 0.6 is 27.3 Å². The zero-order valence-electron chi connectivity index (χ0n) is 9.84. The number of aryl methyl sites for hydroxylation is 1. The van der Waals surface area contributed by atoms with Gasteiger partial charge in [-0.15, -0.1) is 11.3 Å². The van der Waals surface area contributed by atoms with Crippen LogP contribution in [0.5, 0.6) is 0 Å². The maximum Gasteiger partial charge on any atom is 0.321 e. The summed E-state index contributed by atoms with van der Waals surface area (Å²) in [6, 6.07) is 0. The van der Waals surface area contributed by atoms with Crippen molar-refractivity contribution in [3.05, 3.63) is 27.6 Å². The van der Waals surface area contributed by atoms with E-state index in [0.717, 1.165) is 11.1 Å². The van der Waals surface area contributed by atoms with Gasteiger partial charge in [0.15, 0.2) is 0 Å². The summed E-state index contributed by atoms with van der Waals surface area (Å²) in [6.07, 6.45) is 1.46. The van der Waals surface area contributed by atoms with E-state index in [0.29, 0.717) is 4.70 Å². The molecule has 2 aromatic rings. The number of hydrogen-bond acceptors (Lipinski definition) is 5. The predicted octanol–water partition coefficient (Wildman–Crippen LogP) is 1.70. The molecule has 0 amide bonds. The third kappa shape index (κ3) is 2.32. The van der Waals surface area contributed by atoms with E-state index >= 15 is 0 Å². The van der Waals surface area contributed by atoms with Crippen molar-refractivity contribution < 1.29 is 9.53 Å². The smallest absolute Gasteiger partial charge is 0.321 e. The minimum absolute atomic E-state index is 0.133. The van der Waals surface area contributed by atoms with Crippen molar-refractivity contribution in [1.29, 1.82) is 0 Å². The minimum atomic E-state index is -0.555. The van der Waals surface area contributed by atoms with Gasteiger partial charge in [-0.1, -0.05) is 15.9 Å². The highest BCUT2D eigenvalue weighted by Gasteiger charge is 2.17. The molecule has 0 bridgehead atoms. The second-order valence-electron chi connectivity index (χ2n) is 3.79. The van der Waals surface area contributed by atoms with E-state index < -0.39 is 10.8 Å². The van der Waals surface area contributed by atoms with Gasteiger partial charge in [0.1, 0.15) is 9.53 Å². The van der Waals surface area contributed by atoms with E-state index in [9.17, 15) is 9.59 Å². The van der Waals surface area contributed by atoms with Crippen LogP contribution in [0, 0.1) is 6.92 Å². The number of carbonyl (C=O) groups excluding carboxylic acids is 1. The SMILES string of the molecule is COC(=O)C(Br)Cn1cnc2c(C)csc2c1=O. The monoisotopic (exact) mass is 330 g/mol. The molecule has 0 aromatic carbocycles. The Bertz CT molecular complexity index is 649. The molecule has 0 aliphatic carbocycles. The summed E-state index contributed by atoms with van der Waals surface area (Å²) in [5.74, 6) is -0.413. The molecule has 0 spiro atoms. The summed E-state index contributed by atoms with van der Waals surface area (Å²) in [5, 5.41) is 1.90. The number of esters is 1. The second-order valence-corrected chi connectivity index (χ2v) is 5.77. The molecule has 2 rings (SSSR count). The third-order valence-electron chi connectivity index (χ3n) is 2.54. The average molecular weight is 331 g/mol. The number of aromatic nitrogens is 2. The van der Waals surface area contributed by atoms with Gasteiger partial charge < -0.3 is 4.74 Å². The molecule has 2 heterocycles. The molecule has 1 unspecified atom stereocenters.